The van der Waals surface area contributed by atoms with Gasteiger partial charge in [0.15, 0.2) is 5.96 Å². The Morgan fingerprint density at radius 1 is 1.23 bits per heavy atom. The van der Waals surface area contributed by atoms with Crippen LogP contribution in [0, 0.1) is 0 Å². The summed E-state index contributed by atoms with van der Waals surface area (Å²) >= 11 is 0. The number of likely N-dealkylation sites (tertiary alicyclic amines) is 1. The number of hydrogen-bond acceptors (Lipinski definition) is 4. The van der Waals surface area contributed by atoms with E-state index in [1.165, 1.54) is 5.56 Å². The number of carbonyl (C=O) groups excluding carboxylic acids is 1. The van der Waals surface area contributed by atoms with E-state index in [0.29, 0.717) is 19.1 Å². The van der Waals surface area contributed by atoms with E-state index in [4.69, 9.17) is 0 Å². The lowest BCUT2D eigenvalue weighted by molar-refractivity contribution is -0.122. The fourth-order valence-electron chi connectivity index (χ4n) is 3.56. The van der Waals surface area contributed by atoms with Crippen LogP contribution in [0.15, 0.2) is 47.7 Å². The number of carbonyl (C=O) groups is 1. The van der Waals surface area contributed by atoms with Crippen LogP contribution in [-0.2, 0) is 11.3 Å². The lowest BCUT2D eigenvalue weighted by atomic mass is 10.1. The second-order valence-electron chi connectivity index (χ2n) is 7.59. The molecule has 162 valence electrons. The van der Waals surface area contributed by atoms with Gasteiger partial charge < -0.3 is 16.0 Å². The van der Waals surface area contributed by atoms with Gasteiger partial charge in [0.2, 0.25) is 5.91 Å². The Balaban J connectivity index is 1.42. The molecule has 1 amide bonds. The van der Waals surface area contributed by atoms with Crippen LogP contribution in [0.1, 0.15) is 31.7 Å². The average Bonchev–Trinajstić information content (AvgIpc) is 3.31. The Morgan fingerprint density at radius 2 is 2.07 bits per heavy atom. The standard InChI is InChI=1S/C22H33N7O/c1-3-10-24-21(30)17-28-13-8-19(9-14-28)27-22(23-2)25-16-18-6-4-7-20(15-18)29-12-5-11-26-29/h4-7,11-12,15,19H,3,8-10,13-14,16-17H2,1-2H3,(H,24,30)(H2,23,25,27). The van der Waals surface area contributed by atoms with Crippen molar-refractivity contribution in [1.82, 2.24) is 30.6 Å². The molecular formula is C22H33N7O. The van der Waals surface area contributed by atoms with Crippen molar-refractivity contribution in [3.63, 3.8) is 0 Å². The molecule has 0 aliphatic carbocycles. The summed E-state index contributed by atoms with van der Waals surface area (Å²) in [4.78, 5) is 18.5. The summed E-state index contributed by atoms with van der Waals surface area (Å²) in [5, 5.41) is 14.2. The zero-order chi connectivity index (χ0) is 21.2. The van der Waals surface area contributed by atoms with E-state index in [0.717, 1.165) is 50.5 Å². The molecule has 1 saturated heterocycles. The van der Waals surface area contributed by atoms with Crippen molar-refractivity contribution in [2.45, 2.75) is 38.8 Å². The molecule has 0 atom stereocenters. The molecule has 1 fully saturated rings. The van der Waals surface area contributed by atoms with Gasteiger partial charge in [0.1, 0.15) is 0 Å². The van der Waals surface area contributed by atoms with Gasteiger partial charge in [-0.15, -0.1) is 0 Å². The Labute approximate surface area is 178 Å². The third kappa shape index (κ3) is 6.59. The predicted octanol–water partition coefficient (Wildman–Crippen LogP) is 1.53. The fourth-order valence-corrected chi connectivity index (χ4v) is 3.56. The number of nitrogens with zero attached hydrogens (tertiary/aromatic N) is 4. The first-order chi connectivity index (χ1) is 14.7. The fraction of sp³-hybridized carbons (Fsp3) is 0.500. The average molecular weight is 412 g/mol. The van der Waals surface area contributed by atoms with Crippen molar-refractivity contribution in [3.8, 4) is 5.69 Å². The van der Waals surface area contributed by atoms with Gasteiger partial charge in [0.05, 0.1) is 12.2 Å². The van der Waals surface area contributed by atoms with E-state index in [1.54, 1.807) is 13.2 Å². The summed E-state index contributed by atoms with van der Waals surface area (Å²) in [6.45, 7) is 5.83. The number of aliphatic imine (C=N–C) groups is 1. The molecule has 0 spiro atoms. The van der Waals surface area contributed by atoms with Crippen LogP contribution in [0.25, 0.3) is 5.69 Å². The monoisotopic (exact) mass is 411 g/mol. The predicted molar refractivity (Wildman–Crippen MR) is 120 cm³/mol. The summed E-state index contributed by atoms with van der Waals surface area (Å²) in [6.07, 6.45) is 6.68. The van der Waals surface area contributed by atoms with Crippen LogP contribution in [0.3, 0.4) is 0 Å². The number of hydrogen-bond donors (Lipinski definition) is 3. The first-order valence-electron chi connectivity index (χ1n) is 10.7. The van der Waals surface area contributed by atoms with E-state index < -0.39 is 0 Å². The van der Waals surface area contributed by atoms with Gasteiger partial charge in [-0.1, -0.05) is 19.1 Å². The third-order valence-electron chi connectivity index (χ3n) is 5.23. The Morgan fingerprint density at radius 3 is 2.77 bits per heavy atom. The second-order valence-corrected chi connectivity index (χ2v) is 7.59. The molecule has 2 aromatic rings. The molecular weight excluding hydrogens is 378 g/mol. The van der Waals surface area contributed by atoms with Gasteiger partial charge in [-0.2, -0.15) is 5.10 Å². The van der Waals surface area contributed by atoms with Crippen molar-refractivity contribution < 1.29 is 4.79 Å². The molecule has 0 unspecified atom stereocenters. The maximum Gasteiger partial charge on any atom is 0.234 e. The van der Waals surface area contributed by atoms with E-state index in [1.807, 2.05) is 29.1 Å². The van der Waals surface area contributed by atoms with E-state index in [2.05, 4.69) is 50.0 Å². The Hall–Kier alpha value is -2.87. The van der Waals surface area contributed by atoms with Gasteiger partial charge >= 0.3 is 0 Å². The minimum absolute atomic E-state index is 0.123. The largest absolute Gasteiger partial charge is 0.355 e. The number of benzene rings is 1. The molecule has 8 nitrogen and oxygen atoms in total. The molecule has 30 heavy (non-hydrogen) atoms. The number of nitrogens with one attached hydrogen (secondary N) is 3. The van der Waals surface area contributed by atoms with Crippen molar-refractivity contribution in [1.29, 1.82) is 0 Å². The first kappa shape index (κ1) is 21.8. The molecule has 0 bridgehead atoms. The highest BCUT2D eigenvalue weighted by Gasteiger charge is 2.21. The van der Waals surface area contributed by atoms with Crippen molar-refractivity contribution >= 4 is 11.9 Å². The molecule has 1 aromatic heterocycles. The first-order valence-corrected chi connectivity index (χ1v) is 10.7. The summed E-state index contributed by atoms with van der Waals surface area (Å²) in [5.41, 5.74) is 2.21. The van der Waals surface area contributed by atoms with Gasteiger partial charge in [0.25, 0.3) is 0 Å². The van der Waals surface area contributed by atoms with E-state index in [-0.39, 0.29) is 5.91 Å². The number of piperidine rings is 1. The van der Waals surface area contributed by atoms with Crippen LogP contribution >= 0.6 is 0 Å². The summed E-state index contributed by atoms with van der Waals surface area (Å²) in [5.74, 6) is 0.928. The van der Waals surface area contributed by atoms with Crippen LogP contribution < -0.4 is 16.0 Å². The van der Waals surface area contributed by atoms with Crippen LogP contribution in [0.4, 0.5) is 0 Å². The molecule has 2 heterocycles. The highest BCUT2D eigenvalue weighted by molar-refractivity contribution is 5.80. The summed E-state index contributed by atoms with van der Waals surface area (Å²) < 4.78 is 1.85. The molecule has 0 saturated carbocycles. The topological polar surface area (TPSA) is 86.6 Å². The third-order valence-corrected chi connectivity index (χ3v) is 5.23. The Bertz CT molecular complexity index is 811. The number of amides is 1. The lowest BCUT2D eigenvalue weighted by Crippen LogP contribution is -2.50. The van der Waals surface area contributed by atoms with Crippen molar-refractivity contribution in [2.24, 2.45) is 4.99 Å². The molecule has 3 N–H and O–H groups in total. The minimum atomic E-state index is 0.123. The maximum absolute atomic E-state index is 11.9. The van der Waals surface area contributed by atoms with Gasteiger partial charge in [0, 0.05) is 51.7 Å². The zero-order valence-corrected chi connectivity index (χ0v) is 18.0. The van der Waals surface area contributed by atoms with Crippen LogP contribution in [0.5, 0.6) is 0 Å². The zero-order valence-electron chi connectivity index (χ0n) is 18.0. The van der Waals surface area contributed by atoms with Crippen molar-refractivity contribution in [3.05, 3.63) is 48.3 Å². The van der Waals surface area contributed by atoms with Gasteiger partial charge in [-0.05, 0) is 43.0 Å². The lowest BCUT2D eigenvalue weighted by Gasteiger charge is -2.32. The number of aromatic nitrogens is 2. The smallest absolute Gasteiger partial charge is 0.234 e. The number of guanidine groups is 1. The summed E-state index contributed by atoms with van der Waals surface area (Å²) in [6, 6.07) is 10.6. The van der Waals surface area contributed by atoms with Gasteiger partial charge in [-0.25, -0.2) is 4.68 Å². The normalized spacial score (nSPS) is 15.7. The van der Waals surface area contributed by atoms with E-state index in [9.17, 15) is 4.79 Å². The molecule has 1 aliphatic rings. The quantitative estimate of drug-likeness (QED) is 0.453. The molecule has 0 radical (unpaired) electrons. The SMILES string of the molecule is CCCNC(=O)CN1CCC(NC(=NC)NCc2cccc(-n3cccn3)c2)CC1. The van der Waals surface area contributed by atoms with Crippen molar-refractivity contribution in [2.75, 3.05) is 33.2 Å². The maximum atomic E-state index is 11.9. The molecule has 1 aromatic carbocycles. The minimum Gasteiger partial charge on any atom is -0.355 e. The van der Waals surface area contributed by atoms with Crippen LogP contribution in [0.2, 0.25) is 0 Å². The Kier molecular flexibility index (Phi) is 8.26. The highest BCUT2D eigenvalue weighted by atomic mass is 16.2. The van der Waals surface area contributed by atoms with Gasteiger partial charge in [-0.3, -0.25) is 14.7 Å². The summed E-state index contributed by atoms with van der Waals surface area (Å²) in [7, 11) is 1.79. The number of rotatable bonds is 8. The molecule has 1 aliphatic heterocycles. The second kappa shape index (κ2) is 11.3. The molecule has 8 heteroatoms. The molecule has 3 rings (SSSR count). The highest BCUT2D eigenvalue weighted by Crippen LogP contribution is 2.11. The van der Waals surface area contributed by atoms with Crippen LogP contribution in [-0.4, -0.2) is 65.8 Å². The van der Waals surface area contributed by atoms with E-state index >= 15 is 0 Å².